The van der Waals surface area contributed by atoms with E-state index in [4.69, 9.17) is 5.11 Å². The minimum atomic E-state index is -0.964. The monoisotopic (exact) mass is 326 g/mol. The zero-order valence-electron chi connectivity index (χ0n) is 12.6. The van der Waals surface area contributed by atoms with E-state index in [1.807, 2.05) is 0 Å². The van der Waals surface area contributed by atoms with Crippen LogP contribution in [0.15, 0.2) is 48.5 Å². The maximum atomic E-state index is 11.9. The van der Waals surface area contributed by atoms with Gasteiger partial charge in [0, 0.05) is 30.8 Å². The Morgan fingerprint density at radius 3 is 2.08 bits per heavy atom. The highest BCUT2D eigenvalue weighted by Gasteiger charge is 2.34. The summed E-state index contributed by atoms with van der Waals surface area (Å²) in [7, 11) is 0. The summed E-state index contributed by atoms with van der Waals surface area (Å²) in [5.74, 6) is -1.84. The Labute approximate surface area is 137 Å². The predicted octanol–water partition coefficient (Wildman–Crippen LogP) is 2.70. The number of anilines is 1. The first-order valence-corrected chi connectivity index (χ1v) is 7.34. The van der Waals surface area contributed by atoms with Gasteiger partial charge in [0.25, 0.3) is 5.69 Å². The molecule has 1 aliphatic rings. The van der Waals surface area contributed by atoms with E-state index < -0.39 is 16.8 Å². The molecule has 2 aromatic carbocycles. The molecule has 1 aliphatic heterocycles. The molecular weight excluding hydrogens is 312 g/mol. The van der Waals surface area contributed by atoms with Gasteiger partial charge in [0.05, 0.1) is 10.8 Å². The molecule has 24 heavy (non-hydrogen) atoms. The van der Waals surface area contributed by atoms with Crippen molar-refractivity contribution in [2.24, 2.45) is 5.92 Å². The van der Waals surface area contributed by atoms with Crippen LogP contribution in [0, 0.1) is 16.0 Å². The number of nitrogens with zero attached hydrogens (tertiary/aromatic N) is 2. The van der Waals surface area contributed by atoms with Crippen LogP contribution in [0.3, 0.4) is 0 Å². The predicted molar refractivity (Wildman–Crippen MR) is 86.6 cm³/mol. The van der Waals surface area contributed by atoms with Crippen LogP contribution in [0.2, 0.25) is 0 Å². The molecule has 1 fully saturated rings. The molecule has 7 heteroatoms. The topological polar surface area (TPSA) is 101 Å². The van der Waals surface area contributed by atoms with Crippen molar-refractivity contribution in [1.82, 2.24) is 0 Å². The van der Waals surface area contributed by atoms with Crippen molar-refractivity contribution in [3.8, 4) is 11.1 Å². The third-order valence-electron chi connectivity index (χ3n) is 4.06. The van der Waals surface area contributed by atoms with Crippen LogP contribution in [0.5, 0.6) is 0 Å². The summed E-state index contributed by atoms with van der Waals surface area (Å²) in [5, 5.41) is 19.7. The number of nitro benzene ring substituents is 1. The SMILES string of the molecule is O=C(O)[C@@H]1CC(=O)N(c2ccc(-c3ccc([N+](=O)[O-])cc3)cc2)C1. The molecule has 1 saturated heterocycles. The summed E-state index contributed by atoms with van der Waals surface area (Å²) in [6, 6.07) is 13.3. The quantitative estimate of drug-likeness (QED) is 0.687. The number of aliphatic carboxylic acids is 1. The van der Waals surface area contributed by atoms with Crippen LogP contribution < -0.4 is 4.90 Å². The number of amides is 1. The zero-order valence-corrected chi connectivity index (χ0v) is 12.6. The molecule has 0 aliphatic carbocycles. The van der Waals surface area contributed by atoms with E-state index in [2.05, 4.69) is 0 Å². The van der Waals surface area contributed by atoms with Gasteiger partial charge in [-0.3, -0.25) is 19.7 Å². The number of nitro groups is 1. The third kappa shape index (κ3) is 2.96. The Balaban J connectivity index is 1.79. The summed E-state index contributed by atoms with van der Waals surface area (Å²) < 4.78 is 0. The minimum Gasteiger partial charge on any atom is -0.481 e. The second-order valence-electron chi connectivity index (χ2n) is 5.59. The van der Waals surface area contributed by atoms with Gasteiger partial charge in [0.15, 0.2) is 0 Å². The van der Waals surface area contributed by atoms with Crippen molar-refractivity contribution in [2.75, 3.05) is 11.4 Å². The van der Waals surface area contributed by atoms with Gasteiger partial charge in [-0.25, -0.2) is 0 Å². The van der Waals surface area contributed by atoms with Gasteiger partial charge in [0.2, 0.25) is 5.91 Å². The number of rotatable bonds is 4. The van der Waals surface area contributed by atoms with E-state index in [1.165, 1.54) is 17.0 Å². The number of hydrogen-bond donors (Lipinski definition) is 1. The Kier molecular flexibility index (Phi) is 3.99. The lowest BCUT2D eigenvalue weighted by Gasteiger charge is -2.16. The second kappa shape index (κ2) is 6.11. The van der Waals surface area contributed by atoms with Gasteiger partial charge >= 0.3 is 5.97 Å². The highest BCUT2D eigenvalue weighted by Crippen LogP contribution is 2.28. The van der Waals surface area contributed by atoms with Crippen LogP contribution in [-0.2, 0) is 9.59 Å². The molecule has 0 radical (unpaired) electrons. The summed E-state index contributed by atoms with van der Waals surface area (Å²) >= 11 is 0. The molecule has 1 atom stereocenters. The Morgan fingerprint density at radius 2 is 1.62 bits per heavy atom. The van der Waals surface area contributed by atoms with Gasteiger partial charge in [-0.1, -0.05) is 12.1 Å². The number of carboxylic acids is 1. The number of hydrogen-bond acceptors (Lipinski definition) is 4. The molecule has 0 bridgehead atoms. The van der Waals surface area contributed by atoms with E-state index in [0.29, 0.717) is 5.69 Å². The smallest absolute Gasteiger partial charge is 0.308 e. The molecule has 3 rings (SSSR count). The second-order valence-corrected chi connectivity index (χ2v) is 5.59. The highest BCUT2D eigenvalue weighted by molar-refractivity contribution is 5.99. The maximum Gasteiger partial charge on any atom is 0.308 e. The molecule has 1 amide bonds. The third-order valence-corrected chi connectivity index (χ3v) is 4.06. The zero-order chi connectivity index (χ0) is 17.3. The standard InChI is InChI=1S/C17H14N2O5/c20-16-9-13(17(21)22)10-18(16)14-5-1-11(2-6-14)12-3-7-15(8-4-12)19(23)24/h1-8,13H,9-10H2,(H,21,22)/t13-/m1/s1. The van der Waals surface area contributed by atoms with Gasteiger partial charge in [-0.05, 0) is 35.4 Å². The van der Waals surface area contributed by atoms with Gasteiger partial charge in [-0.15, -0.1) is 0 Å². The van der Waals surface area contributed by atoms with E-state index in [-0.39, 0.29) is 24.6 Å². The molecule has 0 aromatic heterocycles. The summed E-state index contributed by atoms with van der Waals surface area (Å²) in [4.78, 5) is 34.6. The molecular formula is C17H14N2O5. The lowest BCUT2D eigenvalue weighted by atomic mass is 10.0. The molecule has 122 valence electrons. The van der Waals surface area contributed by atoms with Crippen LogP contribution in [0.25, 0.3) is 11.1 Å². The molecule has 0 saturated carbocycles. The van der Waals surface area contributed by atoms with Crippen LogP contribution in [0.4, 0.5) is 11.4 Å². The fourth-order valence-corrected chi connectivity index (χ4v) is 2.73. The Bertz CT molecular complexity index is 799. The number of carbonyl (C=O) groups excluding carboxylic acids is 1. The first-order valence-electron chi connectivity index (χ1n) is 7.34. The lowest BCUT2D eigenvalue weighted by molar-refractivity contribution is -0.384. The number of benzene rings is 2. The fraction of sp³-hybridized carbons (Fsp3) is 0.176. The Hall–Kier alpha value is -3.22. The minimum absolute atomic E-state index is 0.0133. The summed E-state index contributed by atoms with van der Waals surface area (Å²) in [5.41, 5.74) is 2.35. The first kappa shape index (κ1) is 15.7. The average Bonchev–Trinajstić information content (AvgIpc) is 2.97. The van der Waals surface area contributed by atoms with E-state index in [1.54, 1.807) is 36.4 Å². The van der Waals surface area contributed by atoms with E-state index in [0.717, 1.165) is 11.1 Å². The number of carboxylic acid groups (broad SMARTS) is 1. The first-order chi connectivity index (χ1) is 11.5. The maximum absolute atomic E-state index is 11.9. The molecule has 2 aromatic rings. The molecule has 1 N–H and O–H groups in total. The van der Waals surface area contributed by atoms with Gasteiger partial charge < -0.3 is 10.0 Å². The van der Waals surface area contributed by atoms with E-state index >= 15 is 0 Å². The number of non-ortho nitro benzene ring substituents is 1. The molecule has 7 nitrogen and oxygen atoms in total. The lowest BCUT2D eigenvalue weighted by Crippen LogP contribution is -2.25. The Morgan fingerprint density at radius 1 is 1.08 bits per heavy atom. The summed E-state index contributed by atoms with van der Waals surface area (Å²) in [6.07, 6.45) is 0.0133. The molecule has 1 heterocycles. The van der Waals surface area contributed by atoms with Crippen molar-refractivity contribution < 1.29 is 19.6 Å². The number of carbonyl (C=O) groups is 2. The fourth-order valence-electron chi connectivity index (χ4n) is 2.73. The van der Waals surface area contributed by atoms with Crippen molar-refractivity contribution in [3.63, 3.8) is 0 Å². The van der Waals surface area contributed by atoms with E-state index in [9.17, 15) is 19.7 Å². The molecule has 0 spiro atoms. The van der Waals surface area contributed by atoms with Crippen LogP contribution in [-0.4, -0.2) is 28.5 Å². The van der Waals surface area contributed by atoms with Crippen molar-refractivity contribution in [2.45, 2.75) is 6.42 Å². The highest BCUT2D eigenvalue weighted by atomic mass is 16.6. The van der Waals surface area contributed by atoms with Gasteiger partial charge in [0.1, 0.15) is 0 Å². The summed E-state index contributed by atoms with van der Waals surface area (Å²) in [6.45, 7) is 0.172. The van der Waals surface area contributed by atoms with Crippen LogP contribution >= 0.6 is 0 Å². The largest absolute Gasteiger partial charge is 0.481 e. The normalized spacial score (nSPS) is 17.1. The average molecular weight is 326 g/mol. The molecule has 0 unspecified atom stereocenters. The van der Waals surface area contributed by atoms with Crippen molar-refractivity contribution >= 4 is 23.3 Å². The van der Waals surface area contributed by atoms with Gasteiger partial charge in [-0.2, -0.15) is 0 Å². The van der Waals surface area contributed by atoms with Crippen LogP contribution in [0.1, 0.15) is 6.42 Å². The van der Waals surface area contributed by atoms with Crippen molar-refractivity contribution in [1.29, 1.82) is 0 Å². The van der Waals surface area contributed by atoms with Crippen molar-refractivity contribution in [3.05, 3.63) is 58.6 Å².